The van der Waals surface area contributed by atoms with Crippen LogP contribution in [0.3, 0.4) is 0 Å². The van der Waals surface area contributed by atoms with E-state index in [0.29, 0.717) is 6.61 Å². The lowest BCUT2D eigenvalue weighted by Gasteiger charge is -2.41. The molecule has 0 spiro atoms. The molecule has 2 heterocycles. The maximum atomic E-state index is 5.84. The van der Waals surface area contributed by atoms with Gasteiger partial charge in [0.05, 0.1) is 6.61 Å². The van der Waals surface area contributed by atoms with E-state index in [9.17, 15) is 0 Å². The fraction of sp³-hybridized carbons (Fsp3) is 1.00. The first-order valence-corrected chi connectivity index (χ1v) is 6.08. The zero-order valence-corrected chi connectivity index (χ0v) is 11.5. The Kier molecular flexibility index (Phi) is 4.25. The molecule has 6 nitrogen and oxygen atoms in total. The molecule has 0 amide bonds. The number of hydrogen-bond donors (Lipinski definition) is 0. The molecule has 0 unspecified atom stereocenters. The molecule has 0 saturated carbocycles. The van der Waals surface area contributed by atoms with Crippen LogP contribution < -0.4 is 0 Å². The first kappa shape index (κ1) is 14.2. The molecule has 0 aliphatic carbocycles. The van der Waals surface area contributed by atoms with E-state index in [2.05, 4.69) is 0 Å². The Morgan fingerprint density at radius 2 is 1.67 bits per heavy atom. The van der Waals surface area contributed by atoms with Gasteiger partial charge >= 0.3 is 0 Å². The number of rotatable bonds is 4. The molecule has 2 saturated heterocycles. The van der Waals surface area contributed by atoms with Crippen molar-refractivity contribution >= 4 is 0 Å². The van der Waals surface area contributed by atoms with Gasteiger partial charge < -0.3 is 28.4 Å². The van der Waals surface area contributed by atoms with Crippen molar-refractivity contribution < 1.29 is 28.4 Å². The summed E-state index contributed by atoms with van der Waals surface area (Å²) in [6.07, 6.45) is -1.45. The number of hydrogen-bond acceptors (Lipinski definition) is 6. The Hall–Kier alpha value is -0.240. The second-order valence-electron chi connectivity index (χ2n) is 5.00. The van der Waals surface area contributed by atoms with Crippen molar-refractivity contribution in [2.45, 2.75) is 50.3 Å². The summed E-state index contributed by atoms with van der Waals surface area (Å²) < 4.78 is 33.5. The van der Waals surface area contributed by atoms with E-state index in [4.69, 9.17) is 28.4 Å². The van der Waals surface area contributed by atoms with Gasteiger partial charge in [-0.05, 0) is 13.8 Å². The predicted molar refractivity (Wildman–Crippen MR) is 62.2 cm³/mol. The van der Waals surface area contributed by atoms with Crippen LogP contribution in [0.4, 0.5) is 0 Å². The number of fused-ring (bicyclic) bond motifs is 1. The molecule has 18 heavy (non-hydrogen) atoms. The average Bonchev–Trinajstić information content (AvgIpc) is 2.61. The molecule has 2 aliphatic heterocycles. The summed E-state index contributed by atoms with van der Waals surface area (Å²) in [4.78, 5) is 0. The highest BCUT2D eigenvalue weighted by Gasteiger charge is 2.55. The van der Waals surface area contributed by atoms with Crippen molar-refractivity contribution in [3.63, 3.8) is 0 Å². The highest BCUT2D eigenvalue weighted by Crippen LogP contribution is 2.38. The lowest BCUT2D eigenvalue weighted by atomic mass is 9.99. The maximum Gasteiger partial charge on any atom is 0.190 e. The summed E-state index contributed by atoms with van der Waals surface area (Å²) in [7, 11) is 4.89. The summed E-state index contributed by atoms with van der Waals surface area (Å²) in [5, 5.41) is 0. The summed E-state index contributed by atoms with van der Waals surface area (Å²) >= 11 is 0. The van der Waals surface area contributed by atoms with Crippen molar-refractivity contribution in [3.05, 3.63) is 0 Å². The molecular weight excluding hydrogens is 240 g/mol. The molecule has 0 radical (unpaired) electrons. The largest absolute Gasteiger partial charge is 0.382 e. The van der Waals surface area contributed by atoms with Crippen LogP contribution >= 0.6 is 0 Å². The van der Waals surface area contributed by atoms with E-state index >= 15 is 0 Å². The molecule has 6 heteroatoms. The monoisotopic (exact) mass is 262 g/mol. The highest BCUT2D eigenvalue weighted by atomic mass is 16.8. The molecule has 0 aromatic heterocycles. The third-order valence-electron chi connectivity index (χ3n) is 3.29. The van der Waals surface area contributed by atoms with Crippen LogP contribution in [-0.4, -0.2) is 64.4 Å². The average molecular weight is 262 g/mol. The molecule has 2 aliphatic rings. The molecule has 0 aromatic rings. The second kappa shape index (κ2) is 5.40. The fourth-order valence-electron chi connectivity index (χ4n) is 2.59. The van der Waals surface area contributed by atoms with Gasteiger partial charge in [0, 0.05) is 21.3 Å². The molecule has 0 N–H and O–H groups in total. The van der Waals surface area contributed by atoms with Gasteiger partial charge in [0.2, 0.25) is 0 Å². The Bertz CT molecular complexity index is 282. The number of methoxy groups -OCH3 is 3. The van der Waals surface area contributed by atoms with Gasteiger partial charge in [-0.2, -0.15) is 0 Å². The van der Waals surface area contributed by atoms with E-state index in [0.717, 1.165) is 0 Å². The van der Waals surface area contributed by atoms with Crippen molar-refractivity contribution in [3.8, 4) is 0 Å². The summed E-state index contributed by atoms with van der Waals surface area (Å²) in [5.41, 5.74) is 0. The lowest BCUT2D eigenvalue weighted by molar-refractivity contribution is -0.266. The van der Waals surface area contributed by atoms with Gasteiger partial charge in [-0.3, -0.25) is 0 Å². The van der Waals surface area contributed by atoms with Crippen molar-refractivity contribution in [2.75, 3.05) is 27.9 Å². The van der Waals surface area contributed by atoms with Gasteiger partial charge in [0.25, 0.3) is 0 Å². The maximum absolute atomic E-state index is 5.84. The van der Waals surface area contributed by atoms with Crippen LogP contribution in [0.1, 0.15) is 13.8 Å². The summed E-state index contributed by atoms with van der Waals surface area (Å²) in [6.45, 7) is 4.13. The molecule has 106 valence electrons. The van der Waals surface area contributed by atoms with Crippen LogP contribution in [0.2, 0.25) is 0 Å². The van der Waals surface area contributed by atoms with Crippen LogP contribution in [0.25, 0.3) is 0 Å². The smallest absolute Gasteiger partial charge is 0.190 e. The van der Waals surface area contributed by atoms with Gasteiger partial charge in [-0.15, -0.1) is 0 Å². The van der Waals surface area contributed by atoms with E-state index in [1.165, 1.54) is 0 Å². The van der Waals surface area contributed by atoms with Crippen molar-refractivity contribution in [1.82, 2.24) is 0 Å². The molecule has 0 aromatic carbocycles. The zero-order chi connectivity index (χ0) is 13.3. The first-order chi connectivity index (χ1) is 8.52. The van der Waals surface area contributed by atoms with Gasteiger partial charge in [-0.1, -0.05) is 0 Å². The van der Waals surface area contributed by atoms with Crippen molar-refractivity contribution in [2.24, 2.45) is 0 Å². The molecule has 2 rings (SSSR count). The van der Waals surface area contributed by atoms with E-state index in [1.807, 2.05) is 13.8 Å². The predicted octanol–water partition coefficient (Wildman–Crippen LogP) is 0.539. The molecular formula is C12H22O6. The Morgan fingerprint density at radius 3 is 2.22 bits per heavy atom. The van der Waals surface area contributed by atoms with Crippen LogP contribution in [0.15, 0.2) is 0 Å². The number of ether oxygens (including phenoxy) is 6. The van der Waals surface area contributed by atoms with E-state index in [-0.39, 0.29) is 24.4 Å². The van der Waals surface area contributed by atoms with Gasteiger partial charge in [0.15, 0.2) is 12.1 Å². The molecule has 5 atom stereocenters. The van der Waals surface area contributed by atoms with Gasteiger partial charge in [-0.25, -0.2) is 0 Å². The third-order valence-corrected chi connectivity index (χ3v) is 3.29. The SMILES string of the molecule is COC[C@H]1O[C@@H]2OC(C)(C)O[C@@H]2[C@@H](OC)[C@@H]1OC. The van der Waals surface area contributed by atoms with Crippen molar-refractivity contribution in [1.29, 1.82) is 0 Å². The standard InChI is InChI=1S/C12H22O6/c1-12(2)17-10-9(15-5)8(14-4)7(6-13-3)16-11(10)18-12/h7-11H,6H2,1-5H3/t7-,8-,9+,10-,11-/m1/s1. The highest BCUT2D eigenvalue weighted by molar-refractivity contribution is 4.95. The minimum Gasteiger partial charge on any atom is -0.382 e. The lowest BCUT2D eigenvalue weighted by Crippen LogP contribution is -2.58. The van der Waals surface area contributed by atoms with Crippen LogP contribution in [0.5, 0.6) is 0 Å². The van der Waals surface area contributed by atoms with E-state index < -0.39 is 12.1 Å². The minimum atomic E-state index is -0.674. The minimum absolute atomic E-state index is 0.233. The third kappa shape index (κ3) is 2.54. The van der Waals surface area contributed by atoms with Crippen LogP contribution in [0, 0.1) is 0 Å². The second-order valence-corrected chi connectivity index (χ2v) is 5.00. The molecule has 2 fully saturated rings. The normalized spacial score (nSPS) is 42.8. The van der Waals surface area contributed by atoms with Crippen LogP contribution in [-0.2, 0) is 28.4 Å². The zero-order valence-electron chi connectivity index (χ0n) is 11.5. The molecule has 0 bridgehead atoms. The van der Waals surface area contributed by atoms with Gasteiger partial charge in [0.1, 0.15) is 24.4 Å². The topological polar surface area (TPSA) is 55.4 Å². The fourth-order valence-corrected chi connectivity index (χ4v) is 2.59. The Balaban J connectivity index is 2.17. The first-order valence-electron chi connectivity index (χ1n) is 6.08. The Labute approximate surface area is 107 Å². The Morgan fingerprint density at radius 1 is 1.00 bits per heavy atom. The van der Waals surface area contributed by atoms with E-state index in [1.54, 1.807) is 21.3 Å². The summed E-state index contributed by atoms with van der Waals surface area (Å²) in [6, 6.07) is 0. The summed E-state index contributed by atoms with van der Waals surface area (Å²) in [5.74, 6) is -0.674. The quantitative estimate of drug-likeness (QED) is 0.737.